The van der Waals surface area contributed by atoms with Gasteiger partial charge in [-0.15, -0.1) is 5.10 Å². The van der Waals surface area contributed by atoms with Crippen molar-refractivity contribution in [3.63, 3.8) is 0 Å². The summed E-state index contributed by atoms with van der Waals surface area (Å²) in [5, 5.41) is 6.79. The molecule has 1 aromatic heterocycles. The summed E-state index contributed by atoms with van der Waals surface area (Å²) in [5.41, 5.74) is 5.89. The molecule has 2 rings (SSSR count). The second-order valence-corrected chi connectivity index (χ2v) is 5.40. The van der Waals surface area contributed by atoms with Crippen molar-refractivity contribution in [3.05, 3.63) is 4.77 Å². The number of aromatic nitrogens is 3. The third-order valence-corrected chi connectivity index (χ3v) is 3.99. The predicted molar refractivity (Wildman–Crippen MR) is 67.7 cm³/mol. The van der Waals surface area contributed by atoms with Gasteiger partial charge in [-0.05, 0) is 36.9 Å². The van der Waals surface area contributed by atoms with Crippen molar-refractivity contribution >= 4 is 18.2 Å². The molecule has 2 unspecified atom stereocenters. The first-order chi connectivity index (χ1) is 7.61. The Labute approximate surface area is 101 Å². The zero-order chi connectivity index (χ0) is 11.7. The highest BCUT2D eigenvalue weighted by atomic mass is 32.1. The molecule has 1 fully saturated rings. The van der Waals surface area contributed by atoms with Crippen molar-refractivity contribution in [2.75, 3.05) is 5.73 Å². The molecule has 0 bridgehead atoms. The Bertz CT molecular complexity index is 406. The Kier molecular flexibility index (Phi) is 3.33. The van der Waals surface area contributed by atoms with Gasteiger partial charge in [-0.3, -0.25) is 4.57 Å². The summed E-state index contributed by atoms with van der Waals surface area (Å²) in [6.07, 6.45) is 5.03. The van der Waals surface area contributed by atoms with Crippen LogP contribution in [0, 0.1) is 16.6 Å². The molecule has 4 nitrogen and oxygen atoms in total. The highest BCUT2D eigenvalue weighted by Gasteiger charge is 2.30. The number of hydrogen-bond acceptors (Lipinski definition) is 3. The zero-order valence-electron chi connectivity index (χ0n) is 9.94. The van der Waals surface area contributed by atoms with Crippen LogP contribution in [0.25, 0.3) is 0 Å². The fourth-order valence-corrected chi connectivity index (χ4v) is 3.15. The first-order valence-electron chi connectivity index (χ1n) is 6.03. The maximum Gasteiger partial charge on any atom is 0.220 e. The maximum absolute atomic E-state index is 5.89. The summed E-state index contributed by atoms with van der Waals surface area (Å²) in [6.45, 7) is 4.56. The Morgan fingerprint density at radius 1 is 1.44 bits per heavy atom. The van der Waals surface area contributed by atoms with E-state index in [0.717, 1.165) is 0 Å². The average Bonchev–Trinajstić information content (AvgIpc) is 2.58. The van der Waals surface area contributed by atoms with Gasteiger partial charge in [0.1, 0.15) is 0 Å². The van der Waals surface area contributed by atoms with Gasteiger partial charge in [0.15, 0.2) is 4.77 Å². The minimum Gasteiger partial charge on any atom is -0.368 e. The summed E-state index contributed by atoms with van der Waals surface area (Å²) in [6, 6.07) is 0.431. The molecule has 1 saturated carbocycles. The SMILES string of the molecule is CC(C)C1CCCCC1n1c(N)n[nH]c1=S. The van der Waals surface area contributed by atoms with Crippen LogP contribution in [0.5, 0.6) is 0 Å². The van der Waals surface area contributed by atoms with Gasteiger partial charge in [0, 0.05) is 6.04 Å². The summed E-state index contributed by atoms with van der Waals surface area (Å²) in [7, 11) is 0. The minimum atomic E-state index is 0.431. The standard InChI is InChI=1S/C11H20N4S/c1-7(2)8-5-3-4-6-9(8)15-10(12)13-14-11(15)16/h7-9H,3-6H2,1-2H3,(H2,12,13)(H,14,16). The molecule has 90 valence electrons. The lowest BCUT2D eigenvalue weighted by Gasteiger charge is -2.35. The Morgan fingerprint density at radius 3 is 2.69 bits per heavy atom. The topological polar surface area (TPSA) is 59.6 Å². The number of rotatable bonds is 2. The molecule has 5 heteroatoms. The molecule has 0 amide bonds. The van der Waals surface area contributed by atoms with Gasteiger partial charge in [-0.25, -0.2) is 5.10 Å². The maximum atomic E-state index is 5.89. The molecule has 1 aliphatic carbocycles. The van der Waals surface area contributed by atoms with Crippen molar-refractivity contribution < 1.29 is 0 Å². The van der Waals surface area contributed by atoms with Crippen LogP contribution in [0.3, 0.4) is 0 Å². The van der Waals surface area contributed by atoms with E-state index in [9.17, 15) is 0 Å². The van der Waals surface area contributed by atoms with E-state index in [-0.39, 0.29) is 0 Å². The summed E-state index contributed by atoms with van der Waals surface area (Å²) in [5.74, 6) is 1.87. The van der Waals surface area contributed by atoms with Crippen LogP contribution in [0.1, 0.15) is 45.6 Å². The molecule has 1 aliphatic rings. The van der Waals surface area contributed by atoms with Gasteiger partial charge in [-0.2, -0.15) is 0 Å². The molecule has 1 aromatic rings. The fourth-order valence-electron chi connectivity index (χ4n) is 2.88. The van der Waals surface area contributed by atoms with E-state index in [1.165, 1.54) is 25.7 Å². The second kappa shape index (κ2) is 4.57. The van der Waals surface area contributed by atoms with Gasteiger partial charge in [0.05, 0.1) is 0 Å². The van der Waals surface area contributed by atoms with E-state index in [1.54, 1.807) is 0 Å². The van der Waals surface area contributed by atoms with Gasteiger partial charge in [0.2, 0.25) is 5.95 Å². The Morgan fingerprint density at radius 2 is 2.12 bits per heavy atom. The van der Waals surface area contributed by atoms with Crippen molar-refractivity contribution in [2.45, 2.75) is 45.6 Å². The molecule has 0 aliphatic heterocycles. The number of nitrogens with two attached hydrogens (primary N) is 1. The predicted octanol–water partition coefficient (Wildman–Crippen LogP) is 2.91. The molecule has 0 saturated heterocycles. The summed E-state index contributed by atoms with van der Waals surface area (Å²) in [4.78, 5) is 0. The number of nitrogens with one attached hydrogen (secondary N) is 1. The van der Waals surface area contributed by atoms with Gasteiger partial charge in [-0.1, -0.05) is 26.7 Å². The van der Waals surface area contributed by atoms with Crippen molar-refractivity contribution in [3.8, 4) is 0 Å². The normalized spacial score (nSPS) is 26.2. The summed E-state index contributed by atoms with van der Waals surface area (Å²) < 4.78 is 2.68. The third-order valence-electron chi connectivity index (χ3n) is 3.70. The highest BCUT2D eigenvalue weighted by Crippen LogP contribution is 2.39. The smallest absolute Gasteiger partial charge is 0.220 e. The van der Waals surface area contributed by atoms with E-state index in [4.69, 9.17) is 18.0 Å². The van der Waals surface area contributed by atoms with Gasteiger partial charge in [0.25, 0.3) is 0 Å². The van der Waals surface area contributed by atoms with Crippen molar-refractivity contribution in [1.29, 1.82) is 0 Å². The summed E-state index contributed by atoms with van der Waals surface area (Å²) >= 11 is 5.26. The van der Waals surface area contributed by atoms with Crippen LogP contribution in [-0.2, 0) is 0 Å². The lowest BCUT2D eigenvalue weighted by Crippen LogP contribution is -2.28. The number of nitrogens with zero attached hydrogens (tertiary/aromatic N) is 2. The first-order valence-corrected chi connectivity index (χ1v) is 6.44. The molecular formula is C11H20N4S. The first kappa shape index (κ1) is 11.6. The van der Waals surface area contributed by atoms with Crippen LogP contribution in [0.15, 0.2) is 0 Å². The second-order valence-electron chi connectivity index (χ2n) is 5.02. The minimum absolute atomic E-state index is 0.431. The number of aromatic amines is 1. The quantitative estimate of drug-likeness (QED) is 0.781. The van der Waals surface area contributed by atoms with Crippen molar-refractivity contribution in [2.24, 2.45) is 11.8 Å². The molecule has 3 N–H and O–H groups in total. The molecule has 0 aromatic carbocycles. The molecule has 0 radical (unpaired) electrons. The number of H-pyrrole nitrogens is 1. The number of hydrogen-bond donors (Lipinski definition) is 2. The Hall–Kier alpha value is -0.840. The van der Waals surface area contributed by atoms with E-state index in [0.29, 0.717) is 28.6 Å². The Balaban J connectivity index is 2.34. The average molecular weight is 240 g/mol. The van der Waals surface area contributed by atoms with Gasteiger partial charge >= 0.3 is 0 Å². The van der Waals surface area contributed by atoms with Crippen LogP contribution in [0.4, 0.5) is 5.95 Å². The fraction of sp³-hybridized carbons (Fsp3) is 0.818. The van der Waals surface area contributed by atoms with E-state index in [2.05, 4.69) is 24.0 Å². The van der Waals surface area contributed by atoms with E-state index >= 15 is 0 Å². The van der Waals surface area contributed by atoms with Crippen LogP contribution in [0.2, 0.25) is 0 Å². The molecular weight excluding hydrogens is 220 g/mol. The zero-order valence-corrected chi connectivity index (χ0v) is 10.8. The largest absolute Gasteiger partial charge is 0.368 e. The molecule has 16 heavy (non-hydrogen) atoms. The van der Waals surface area contributed by atoms with Crippen LogP contribution in [-0.4, -0.2) is 14.8 Å². The number of nitrogen functional groups attached to an aromatic ring is 1. The molecule has 0 spiro atoms. The van der Waals surface area contributed by atoms with Crippen LogP contribution >= 0.6 is 12.2 Å². The lowest BCUT2D eigenvalue weighted by atomic mass is 9.78. The van der Waals surface area contributed by atoms with Crippen molar-refractivity contribution in [1.82, 2.24) is 14.8 Å². The lowest BCUT2D eigenvalue weighted by molar-refractivity contribution is 0.184. The monoisotopic (exact) mass is 240 g/mol. The van der Waals surface area contributed by atoms with Gasteiger partial charge < -0.3 is 5.73 Å². The number of anilines is 1. The van der Waals surface area contributed by atoms with E-state index in [1.807, 2.05) is 4.57 Å². The van der Waals surface area contributed by atoms with Crippen LogP contribution < -0.4 is 5.73 Å². The highest BCUT2D eigenvalue weighted by molar-refractivity contribution is 7.71. The third kappa shape index (κ3) is 2.00. The van der Waals surface area contributed by atoms with E-state index < -0.39 is 0 Å². The molecule has 2 atom stereocenters. The molecule has 1 heterocycles.